The zero-order valence-electron chi connectivity index (χ0n) is 12.5. The number of hydrogen-bond acceptors (Lipinski definition) is 5. The van der Waals surface area contributed by atoms with Gasteiger partial charge in [-0.25, -0.2) is 14.4 Å². The molecule has 0 unspecified atom stereocenters. The van der Waals surface area contributed by atoms with Gasteiger partial charge in [0.2, 0.25) is 5.91 Å². The van der Waals surface area contributed by atoms with Crippen LogP contribution in [0.2, 0.25) is 0 Å². The lowest BCUT2D eigenvalue weighted by atomic mass is 10.2. The number of thioether (sulfide) groups is 1. The Labute approximate surface area is 138 Å². The molecule has 1 aliphatic rings. The van der Waals surface area contributed by atoms with Crippen LogP contribution in [-0.4, -0.2) is 44.9 Å². The number of aromatic nitrogens is 2. The third-order valence-electron chi connectivity index (χ3n) is 3.75. The fourth-order valence-electron chi connectivity index (χ4n) is 2.52. The normalized spacial score (nSPS) is 18.7. The SMILES string of the molecule is NC(=O)[C@@H]1CSCCN1Cc1ccnc(-c2ccc(F)cc2)n1. The van der Waals surface area contributed by atoms with E-state index in [-0.39, 0.29) is 17.8 Å². The summed E-state index contributed by atoms with van der Waals surface area (Å²) in [5, 5.41) is 0. The standard InChI is InChI=1S/C16H17FN4OS/c17-12-3-1-11(2-4-12)16-19-6-5-13(20-16)9-21-7-8-23-10-14(21)15(18)22/h1-6,14H,7-10H2,(H2,18,22)/t14-/m0/s1. The number of benzene rings is 1. The molecule has 0 saturated carbocycles. The Morgan fingerprint density at radius 1 is 1.35 bits per heavy atom. The van der Waals surface area contributed by atoms with E-state index in [1.807, 2.05) is 6.07 Å². The molecule has 0 spiro atoms. The van der Waals surface area contributed by atoms with Crippen LogP contribution in [0.25, 0.3) is 11.4 Å². The predicted octanol–water partition coefficient (Wildman–Crippen LogP) is 1.69. The van der Waals surface area contributed by atoms with E-state index >= 15 is 0 Å². The molecule has 1 aromatic carbocycles. The summed E-state index contributed by atoms with van der Waals surface area (Å²) in [5.74, 6) is 1.64. The van der Waals surface area contributed by atoms with E-state index in [2.05, 4.69) is 14.9 Å². The van der Waals surface area contributed by atoms with Gasteiger partial charge < -0.3 is 5.73 Å². The van der Waals surface area contributed by atoms with Crippen molar-refractivity contribution in [2.24, 2.45) is 5.73 Å². The van der Waals surface area contributed by atoms with Crippen molar-refractivity contribution in [2.45, 2.75) is 12.6 Å². The van der Waals surface area contributed by atoms with E-state index in [4.69, 9.17) is 5.73 Å². The number of amides is 1. The first-order chi connectivity index (χ1) is 11.1. The van der Waals surface area contributed by atoms with E-state index in [0.717, 1.165) is 23.6 Å². The summed E-state index contributed by atoms with van der Waals surface area (Å²) in [7, 11) is 0. The Balaban J connectivity index is 1.79. The van der Waals surface area contributed by atoms with Gasteiger partial charge in [0.1, 0.15) is 5.82 Å². The zero-order valence-corrected chi connectivity index (χ0v) is 13.3. The average molecular weight is 332 g/mol. The number of nitrogens with two attached hydrogens (primary N) is 1. The van der Waals surface area contributed by atoms with Crippen molar-refractivity contribution < 1.29 is 9.18 Å². The maximum atomic E-state index is 13.0. The van der Waals surface area contributed by atoms with Crippen LogP contribution in [0.15, 0.2) is 36.5 Å². The second-order valence-corrected chi connectivity index (χ2v) is 6.49. The van der Waals surface area contributed by atoms with Crippen molar-refractivity contribution in [1.82, 2.24) is 14.9 Å². The van der Waals surface area contributed by atoms with Gasteiger partial charge in [-0.3, -0.25) is 9.69 Å². The van der Waals surface area contributed by atoms with Gasteiger partial charge in [0.15, 0.2) is 5.82 Å². The summed E-state index contributed by atoms with van der Waals surface area (Å²) in [5.41, 5.74) is 7.06. The molecule has 0 bridgehead atoms. The molecule has 1 aliphatic heterocycles. The van der Waals surface area contributed by atoms with Gasteiger partial charge in [-0.1, -0.05) is 0 Å². The third-order valence-corrected chi connectivity index (χ3v) is 4.77. The van der Waals surface area contributed by atoms with Crippen LogP contribution in [0, 0.1) is 5.82 Å². The Morgan fingerprint density at radius 2 is 2.13 bits per heavy atom. The van der Waals surface area contributed by atoms with E-state index in [1.54, 1.807) is 30.1 Å². The number of hydrogen-bond donors (Lipinski definition) is 1. The fraction of sp³-hybridized carbons (Fsp3) is 0.312. The van der Waals surface area contributed by atoms with Crippen LogP contribution in [-0.2, 0) is 11.3 Å². The molecule has 1 amide bonds. The number of carbonyl (C=O) groups is 1. The lowest BCUT2D eigenvalue weighted by Gasteiger charge is -2.32. The summed E-state index contributed by atoms with van der Waals surface area (Å²) < 4.78 is 13.0. The van der Waals surface area contributed by atoms with Crippen molar-refractivity contribution in [3.8, 4) is 11.4 Å². The van der Waals surface area contributed by atoms with Crippen LogP contribution in [0.3, 0.4) is 0 Å². The Morgan fingerprint density at radius 3 is 2.87 bits per heavy atom. The second-order valence-electron chi connectivity index (χ2n) is 5.34. The highest BCUT2D eigenvalue weighted by Crippen LogP contribution is 2.20. The second kappa shape index (κ2) is 7.06. The van der Waals surface area contributed by atoms with E-state index in [1.165, 1.54) is 12.1 Å². The maximum absolute atomic E-state index is 13.0. The van der Waals surface area contributed by atoms with E-state index < -0.39 is 0 Å². The average Bonchev–Trinajstić information content (AvgIpc) is 2.56. The quantitative estimate of drug-likeness (QED) is 0.922. The largest absolute Gasteiger partial charge is 0.368 e. The molecule has 1 fully saturated rings. The van der Waals surface area contributed by atoms with Gasteiger partial charge in [-0.15, -0.1) is 0 Å². The zero-order chi connectivity index (χ0) is 16.2. The Hall–Kier alpha value is -1.99. The van der Waals surface area contributed by atoms with Crippen molar-refractivity contribution in [2.75, 3.05) is 18.1 Å². The molecule has 0 radical (unpaired) electrons. The van der Waals surface area contributed by atoms with E-state index in [9.17, 15) is 9.18 Å². The minimum absolute atomic E-state index is 0.266. The molecular weight excluding hydrogens is 315 g/mol. The summed E-state index contributed by atoms with van der Waals surface area (Å²) in [4.78, 5) is 22.4. The molecule has 5 nitrogen and oxygen atoms in total. The molecule has 0 aliphatic carbocycles. The van der Waals surface area contributed by atoms with Gasteiger partial charge in [0.25, 0.3) is 0 Å². The summed E-state index contributed by atoms with van der Waals surface area (Å²) in [6, 6.07) is 7.63. The van der Waals surface area contributed by atoms with Gasteiger partial charge in [-0.2, -0.15) is 11.8 Å². The Kier molecular flexibility index (Phi) is 4.88. The van der Waals surface area contributed by atoms with Gasteiger partial charge in [-0.05, 0) is 30.3 Å². The van der Waals surface area contributed by atoms with Crippen molar-refractivity contribution >= 4 is 17.7 Å². The van der Waals surface area contributed by atoms with Gasteiger partial charge in [0, 0.05) is 36.4 Å². The minimum atomic E-state index is -0.301. The lowest BCUT2D eigenvalue weighted by molar-refractivity contribution is -0.122. The molecule has 7 heteroatoms. The maximum Gasteiger partial charge on any atom is 0.235 e. The first kappa shape index (κ1) is 15.9. The number of nitrogens with zero attached hydrogens (tertiary/aromatic N) is 3. The lowest BCUT2D eigenvalue weighted by Crippen LogP contribution is -2.49. The third kappa shape index (κ3) is 3.86. The summed E-state index contributed by atoms with van der Waals surface area (Å²) >= 11 is 1.74. The number of primary amides is 1. The van der Waals surface area contributed by atoms with Crippen LogP contribution in [0.5, 0.6) is 0 Å². The van der Waals surface area contributed by atoms with Gasteiger partial charge in [0.05, 0.1) is 11.7 Å². The predicted molar refractivity (Wildman–Crippen MR) is 88.1 cm³/mol. The highest BCUT2D eigenvalue weighted by atomic mass is 32.2. The molecule has 120 valence electrons. The molecule has 2 heterocycles. The van der Waals surface area contributed by atoms with Crippen LogP contribution in [0.1, 0.15) is 5.69 Å². The number of halogens is 1. The minimum Gasteiger partial charge on any atom is -0.368 e. The highest BCUT2D eigenvalue weighted by Gasteiger charge is 2.27. The first-order valence-electron chi connectivity index (χ1n) is 7.32. The monoisotopic (exact) mass is 332 g/mol. The smallest absolute Gasteiger partial charge is 0.235 e. The molecule has 23 heavy (non-hydrogen) atoms. The molecule has 1 aromatic heterocycles. The molecule has 2 N–H and O–H groups in total. The highest BCUT2D eigenvalue weighted by molar-refractivity contribution is 7.99. The fourth-order valence-corrected chi connectivity index (χ4v) is 3.65. The van der Waals surface area contributed by atoms with Crippen LogP contribution >= 0.6 is 11.8 Å². The number of rotatable bonds is 4. The molecular formula is C16H17FN4OS. The molecule has 3 rings (SSSR count). The first-order valence-corrected chi connectivity index (χ1v) is 8.48. The molecule has 1 saturated heterocycles. The molecule has 1 atom stereocenters. The topological polar surface area (TPSA) is 72.1 Å². The van der Waals surface area contributed by atoms with Gasteiger partial charge >= 0.3 is 0 Å². The van der Waals surface area contributed by atoms with E-state index in [0.29, 0.717) is 18.1 Å². The van der Waals surface area contributed by atoms with Crippen LogP contribution < -0.4 is 5.73 Å². The van der Waals surface area contributed by atoms with Crippen molar-refractivity contribution in [1.29, 1.82) is 0 Å². The summed E-state index contributed by atoms with van der Waals surface area (Å²) in [6.07, 6.45) is 1.68. The summed E-state index contributed by atoms with van der Waals surface area (Å²) in [6.45, 7) is 1.35. The van der Waals surface area contributed by atoms with Crippen molar-refractivity contribution in [3.05, 3.63) is 48.0 Å². The van der Waals surface area contributed by atoms with Crippen molar-refractivity contribution in [3.63, 3.8) is 0 Å². The molecule has 2 aromatic rings. The Bertz CT molecular complexity index is 695. The van der Waals surface area contributed by atoms with Crippen LogP contribution in [0.4, 0.5) is 4.39 Å². The number of carbonyl (C=O) groups excluding carboxylic acids is 1.